The van der Waals surface area contributed by atoms with Crippen LogP contribution in [0.2, 0.25) is 0 Å². The third-order valence-corrected chi connectivity index (χ3v) is 3.00. The molecule has 1 aromatic rings. The zero-order valence-electron chi connectivity index (χ0n) is 11.3. The summed E-state index contributed by atoms with van der Waals surface area (Å²) < 4.78 is 15.6. The van der Waals surface area contributed by atoms with Gasteiger partial charge in [0.25, 0.3) is 0 Å². The highest BCUT2D eigenvalue weighted by atomic mass is 16.6. The number of aldehydes is 1. The smallest absolute Gasteiger partial charge is 0.409 e. The summed E-state index contributed by atoms with van der Waals surface area (Å²) in [7, 11) is 1.52. The van der Waals surface area contributed by atoms with Gasteiger partial charge in [-0.15, -0.1) is 0 Å². The van der Waals surface area contributed by atoms with E-state index in [1.807, 2.05) is 0 Å². The summed E-state index contributed by atoms with van der Waals surface area (Å²) in [5.41, 5.74) is 0.536. The molecule has 0 unspecified atom stereocenters. The number of ether oxygens (including phenoxy) is 3. The predicted molar refractivity (Wildman–Crippen MR) is 71.4 cm³/mol. The van der Waals surface area contributed by atoms with Crippen LogP contribution >= 0.6 is 0 Å². The van der Waals surface area contributed by atoms with Crippen LogP contribution in [-0.4, -0.2) is 50.7 Å². The molecule has 1 fully saturated rings. The molecular weight excluding hydrogens is 262 g/mol. The zero-order valence-corrected chi connectivity index (χ0v) is 11.3. The van der Waals surface area contributed by atoms with Gasteiger partial charge in [-0.3, -0.25) is 4.79 Å². The van der Waals surface area contributed by atoms with Gasteiger partial charge in [0, 0.05) is 12.1 Å². The van der Waals surface area contributed by atoms with Crippen molar-refractivity contribution in [3.05, 3.63) is 23.8 Å². The molecule has 0 N–H and O–H groups in total. The summed E-state index contributed by atoms with van der Waals surface area (Å²) in [4.78, 5) is 23.5. The van der Waals surface area contributed by atoms with Crippen LogP contribution in [-0.2, 0) is 4.74 Å². The molecule has 1 saturated heterocycles. The number of nitrogens with zero attached hydrogens (tertiary/aromatic N) is 1. The molecule has 0 aromatic heterocycles. The summed E-state index contributed by atoms with van der Waals surface area (Å²) in [5, 5.41) is 0. The standard InChI is InChI=1S/C14H17NO5/c1-18-13-9-11(10-16)3-4-12(13)19-7-2-5-15-6-8-20-14(15)17/h3-4,9-10H,2,5-8H2,1H3. The highest BCUT2D eigenvalue weighted by Crippen LogP contribution is 2.27. The number of hydrogen-bond donors (Lipinski definition) is 0. The second-order valence-electron chi connectivity index (χ2n) is 4.33. The first-order valence-corrected chi connectivity index (χ1v) is 6.42. The largest absolute Gasteiger partial charge is 0.493 e. The van der Waals surface area contributed by atoms with Crippen molar-refractivity contribution in [2.45, 2.75) is 6.42 Å². The van der Waals surface area contributed by atoms with Gasteiger partial charge in [0.15, 0.2) is 11.5 Å². The Balaban J connectivity index is 1.81. The Kier molecular flexibility index (Phi) is 4.81. The molecule has 0 atom stereocenters. The van der Waals surface area contributed by atoms with Gasteiger partial charge in [0.1, 0.15) is 12.9 Å². The molecule has 2 rings (SSSR count). The topological polar surface area (TPSA) is 65.1 Å². The highest BCUT2D eigenvalue weighted by molar-refractivity contribution is 5.76. The second kappa shape index (κ2) is 6.79. The van der Waals surface area contributed by atoms with Crippen molar-refractivity contribution in [1.29, 1.82) is 0 Å². The Morgan fingerprint density at radius 2 is 2.25 bits per heavy atom. The Morgan fingerprint density at radius 3 is 2.90 bits per heavy atom. The highest BCUT2D eigenvalue weighted by Gasteiger charge is 2.20. The zero-order chi connectivity index (χ0) is 14.4. The van der Waals surface area contributed by atoms with Crippen LogP contribution in [0.1, 0.15) is 16.8 Å². The van der Waals surface area contributed by atoms with E-state index in [2.05, 4.69) is 0 Å². The molecule has 6 nitrogen and oxygen atoms in total. The minimum atomic E-state index is -0.266. The molecular formula is C14H17NO5. The average Bonchev–Trinajstić information content (AvgIpc) is 2.89. The van der Waals surface area contributed by atoms with E-state index in [-0.39, 0.29) is 6.09 Å². The molecule has 6 heteroatoms. The van der Waals surface area contributed by atoms with Gasteiger partial charge in [-0.05, 0) is 24.6 Å². The summed E-state index contributed by atoms with van der Waals surface area (Å²) >= 11 is 0. The minimum Gasteiger partial charge on any atom is -0.493 e. The first kappa shape index (κ1) is 14.2. The SMILES string of the molecule is COc1cc(C=O)ccc1OCCCN1CCOC1=O. The lowest BCUT2D eigenvalue weighted by Crippen LogP contribution is -2.26. The van der Waals surface area contributed by atoms with Crippen molar-refractivity contribution in [3.63, 3.8) is 0 Å². The fourth-order valence-corrected chi connectivity index (χ4v) is 1.94. The summed E-state index contributed by atoms with van der Waals surface area (Å²) in [6.07, 6.45) is 1.19. The number of hydrogen-bond acceptors (Lipinski definition) is 5. The van der Waals surface area contributed by atoms with E-state index in [9.17, 15) is 9.59 Å². The maximum Gasteiger partial charge on any atom is 0.409 e. The van der Waals surface area contributed by atoms with Gasteiger partial charge >= 0.3 is 6.09 Å². The lowest BCUT2D eigenvalue weighted by atomic mass is 10.2. The van der Waals surface area contributed by atoms with Crippen molar-refractivity contribution in [1.82, 2.24) is 4.90 Å². The number of benzene rings is 1. The third-order valence-electron chi connectivity index (χ3n) is 3.00. The molecule has 1 aliphatic rings. The van der Waals surface area contributed by atoms with E-state index < -0.39 is 0 Å². The van der Waals surface area contributed by atoms with Gasteiger partial charge in [-0.25, -0.2) is 4.79 Å². The maximum absolute atomic E-state index is 11.2. The van der Waals surface area contributed by atoms with E-state index in [4.69, 9.17) is 14.2 Å². The van der Waals surface area contributed by atoms with E-state index in [1.54, 1.807) is 23.1 Å². The van der Waals surface area contributed by atoms with Crippen LogP contribution in [0, 0.1) is 0 Å². The predicted octanol–water partition coefficient (Wildman–Crippen LogP) is 1.73. The number of amides is 1. The summed E-state index contributed by atoms with van der Waals surface area (Å²) in [6, 6.07) is 5.00. The van der Waals surface area contributed by atoms with Crippen molar-refractivity contribution >= 4 is 12.4 Å². The van der Waals surface area contributed by atoms with E-state index in [0.29, 0.717) is 49.8 Å². The summed E-state index contributed by atoms with van der Waals surface area (Å²) in [5.74, 6) is 1.11. The first-order chi connectivity index (χ1) is 9.74. The number of carbonyl (C=O) groups is 2. The fourth-order valence-electron chi connectivity index (χ4n) is 1.94. The van der Waals surface area contributed by atoms with Gasteiger partial charge in [-0.1, -0.05) is 0 Å². The normalized spacial score (nSPS) is 14.1. The molecule has 0 spiro atoms. The fraction of sp³-hybridized carbons (Fsp3) is 0.429. The molecule has 0 radical (unpaired) electrons. The summed E-state index contributed by atoms with van der Waals surface area (Å²) in [6.45, 7) is 2.16. The number of methoxy groups -OCH3 is 1. The Bertz CT molecular complexity index is 488. The number of rotatable bonds is 7. The van der Waals surface area contributed by atoms with Gasteiger partial charge in [0.05, 0.1) is 20.3 Å². The molecule has 108 valence electrons. The van der Waals surface area contributed by atoms with Crippen LogP contribution in [0.4, 0.5) is 4.79 Å². The van der Waals surface area contributed by atoms with Crippen molar-refractivity contribution in [3.8, 4) is 11.5 Å². The number of cyclic esters (lactones) is 1. The van der Waals surface area contributed by atoms with Crippen LogP contribution in [0.25, 0.3) is 0 Å². The molecule has 20 heavy (non-hydrogen) atoms. The van der Waals surface area contributed by atoms with Gasteiger partial charge in [0.2, 0.25) is 0 Å². The average molecular weight is 279 g/mol. The third kappa shape index (κ3) is 3.40. The minimum absolute atomic E-state index is 0.266. The lowest BCUT2D eigenvalue weighted by molar-refractivity contribution is 0.112. The van der Waals surface area contributed by atoms with Crippen LogP contribution in [0.5, 0.6) is 11.5 Å². The van der Waals surface area contributed by atoms with E-state index >= 15 is 0 Å². The second-order valence-corrected chi connectivity index (χ2v) is 4.33. The monoisotopic (exact) mass is 279 g/mol. The van der Waals surface area contributed by atoms with Crippen LogP contribution in [0.15, 0.2) is 18.2 Å². The van der Waals surface area contributed by atoms with Crippen molar-refractivity contribution in [2.75, 3.05) is 33.4 Å². The Morgan fingerprint density at radius 1 is 1.40 bits per heavy atom. The maximum atomic E-state index is 11.2. The van der Waals surface area contributed by atoms with Crippen LogP contribution in [0.3, 0.4) is 0 Å². The molecule has 0 bridgehead atoms. The van der Waals surface area contributed by atoms with E-state index in [1.165, 1.54) is 7.11 Å². The molecule has 0 saturated carbocycles. The molecule has 0 aliphatic carbocycles. The molecule has 1 heterocycles. The first-order valence-electron chi connectivity index (χ1n) is 6.42. The van der Waals surface area contributed by atoms with Gasteiger partial charge in [-0.2, -0.15) is 0 Å². The lowest BCUT2D eigenvalue weighted by Gasteiger charge is -2.14. The Labute approximate surface area is 117 Å². The Hall–Kier alpha value is -2.24. The molecule has 1 amide bonds. The van der Waals surface area contributed by atoms with Crippen molar-refractivity contribution in [2.24, 2.45) is 0 Å². The van der Waals surface area contributed by atoms with Gasteiger partial charge < -0.3 is 19.1 Å². The quantitative estimate of drug-likeness (QED) is 0.562. The van der Waals surface area contributed by atoms with Crippen molar-refractivity contribution < 1.29 is 23.8 Å². The number of carbonyl (C=O) groups excluding carboxylic acids is 2. The molecule has 1 aromatic carbocycles. The molecule has 1 aliphatic heterocycles. The van der Waals surface area contributed by atoms with Crippen LogP contribution < -0.4 is 9.47 Å². The van der Waals surface area contributed by atoms with E-state index in [0.717, 1.165) is 6.29 Å².